The normalized spacial score (nSPS) is 12.6. The Morgan fingerprint density at radius 3 is 2.64 bits per heavy atom. The molecule has 0 unspecified atom stereocenters. The number of carbonyl (C=O) groups excluding carboxylic acids is 1. The van der Waals surface area contributed by atoms with Crippen LogP contribution in [0.1, 0.15) is 20.8 Å². The molecule has 1 N–H and O–H groups in total. The van der Waals surface area contributed by atoms with Gasteiger partial charge in [0.25, 0.3) is 5.56 Å². The third kappa shape index (κ3) is 3.59. The molecule has 1 heterocycles. The van der Waals surface area contributed by atoms with Gasteiger partial charge in [0.1, 0.15) is 6.54 Å². The lowest BCUT2D eigenvalue weighted by atomic mass is 10.1. The molecule has 0 saturated heterocycles. The molecule has 2 aromatic rings. The number of rotatable bonds is 4. The van der Waals surface area contributed by atoms with Crippen LogP contribution in [0.2, 0.25) is 10.0 Å². The molecule has 0 radical (unpaired) electrons. The van der Waals surface area contributed by atoms with E-state index in [0.717, 1.165) is 0 Å². The molecule has 1 amide bonds. The Kier molecular flexibility index (Phi) is 5.08. The highest BCUT2D eigenvalue weighted by atomic mass is 35.5. The molecule has 0 aliphatic heterocycles. The van der Waals surface area contributed by atoms with E-state index in [-0.39, 0.29) is 24.1 Å². The average molecular weight is 342 g/mol. The predicted octanol–water partition coefficient (Wildman–Crippen LogP) is 2.86. The lowest BCUT2D eigenvalue weighted by molar-refractivity contribution is -0.122. The van der Waals surface area contributed by atoms with Crippen LogP contribution in [0.5, 0.6) is 0 Å². The number of carbonyl (C=O) groups is 1. The molecule has 1 aromatic carbocycles. The number of hydrogen-bond donors (Lipinski definition) is 1. The highest BCUT2D eigenvalue weighted by molar-refractivity contribution is 6.38. The van der Waals surface area contributed by atoms with Gasteiger partial charge in [-0.1, -0.05) is 37.0 Å². The minimum Gasteiger partial charge on any atom is -0.352 e. The van der Waals surface area contributed by atoms with Crippen molar-refractivity contribution >= 4 is 40.0 Å². The molecule has 0 spiro atoms. The van der Waals surface area contributed by atoms with Crippen LogP contribution in [0.3, 0.4) is 0 Å². The fourth-order valence-electron chi connectivity index (χ4n) is 1.93. The maximum atomic E-state index is 12.4. The van der Waals surface area contributed by atoms with Crippen LogP contribution in [-0.4, -0.2) is 21.5 Å². The summed E-state index contributed by atoms with van der Waals surface area (Å²) in [6.07, 6.45) is 1.32. The van der Waals surface area contributed by atoms with E-state index in [1.807, 2.05) is 20.8 Å². The quantitative estimate of drug-likeness (QED) is 0.929. The Bertz CT molecular complexity index is 771. The monoisotopic (exact) mass is 341 g/mol. The lowest BCUT2D eigenvalue weighted by Crippen LogP contribution is -2.39. The third-order valence-electron chi connectivity index (χ3n) is 3.55. The Morgan fingerprint density at radius 2 is 2.00 bits per heavy atom. The van der Waals surface area contributed by atoms with E-state index in [9.17, 15) is 9.59 Å². The molecule has 5 nitrogen and oxygen atoms in total. The maximum Gasteiger partial charge on any atom is 0.261 e. The van der Waals surface area contributed by atoms with Gasteiger partial charge in [-0.05, 0) is 25.0 Å². The fourth-order valence-corrected chi connectivity index (χ4v) is 2.47. The number of halogens is 2. The third-order valence-corrected chi connectivity index (χ3v) is 4.05. The molecule has 118 valence electrons. The van der Waals surface area contributed by atoms with Crippen LogP contribution in [0.15, 0.2) is 23.3 Å². The highest BCUT2D eigenvalue weighted by Crippen LogP contribution is 2.23. The second-order valence-corrected chi connectivity index (χ2v) is 6.41. The fraction of sp³-hybridized carbons (Fsp3) is 0.400. The van der Waals surface area contributed by atoms with E-state index >= 15 is 0 Å². The van der Waals surface area contributed by atoms with Crippen LogP contribution in [-0.2, 0) is 11.3 Å². The van der Waals surface area contributed by atoms with Crippen molar-refractivity contribution in [2.45, 2.75) is 33.4 Å². The van der Waals surface area contributed by atoms with Crippen molar-refractivity contribution in [2.75, 3.05) is 0 Å². The zero-order chi connectivity index (χ0) is 16.4. The van der Waals surface area contributed by atoms with Crippen molar-refractivity contribution in [1.82, 2.24) is 14.9 Å². The van der Waals surface area contributed by atoms with Crippen LogP contribution in [0.4, 0.5) is 0 Å². The SMILES string of the molecule is CC(C)[C@H](C)NC(=O)Cn1cnc2c(Cl)cc(Cl)cc2c1=O. The van der Waals surface area contributed by atoms with E-state index in [4.69, 9.17) is 23.2 Å². The lowest BCUT2D eigenvalue weighted by Gasteiger charge is -2.17. The summed E-state index contributed by atoms with van der Waals surface area (Å²) in [5.74, 6) is 0.0746. The predicted molar refractivity (Wildman–Crippen MR) is 88.5 cm³/mol. The van der Waals surface area contributed by atoms with Gasteiger partial charge in [-0.25, -0.2) is 4.98 Å². The number of fused-ring (bicyclic) bond motifs is 1. The van der Waals surface area contributed by atoms with Crippen LogP contribution in [0, 0.1) is 5.92 Å². The van der Waals surface area contributed by atoms with E-state index < -0.39 is 0 Å². The highest BCUT2D eigenvalue weighted by Gasteiger charge is 2.14. The first-order chi connectivity index (χ1) is 10.3. The van der Waals surface area contributed by atoms with Gasteiger partial charge >= 0.3 is 0 Å². The minimum absolute atomic E-state index is 0.0282. The second kappa shape index (κ2) is 6.67. The molecule has 0 saturated carbocycles. The summed E-state index contributed by atoms with van der Waals surface area (Å²) >= 11 is 11.9. The number of hydrogen-bond acceptors (Lipinski definition) is 3. The second-order valence-electron chi connectivity index (χ2n) is 5.56. The van der Waals surface area contributed by atoms with Gasteiger partial charge in [-0.3, -0.25) is 14.2 Å². The molecule has 0 fully saturated rings. The summed E-state index contributed by atoms with van der Waals surface area (Å²) in [6.45, 7) is 5.85. The molecule has 0 aliphatic carbocycles. The van der Waals surface area contributed by atoms with E-state index in [1.165, 1.54) is 23.0 Å². The van der Waals surface area contributed by atoms with E-state index in [0.29, 0.717) is 26.9 Å². The van der Waals surface area contributed by atoms with Crippen LogP contribution < -0.4 is 10.9 Å². The number of amides is 1. The smallest absolute Gasteiger partial charge is 0.261 e. The zero-order valence-corrected chi connectivity index (χ0v) is 14.1. The standard InChI is InChI=1S/C15H17Cl2N3O2/c1-8(2)9(3)19-13(21)6-20-7-18-14-11(15(20)22)4-10(16)5-12(14)17/h4-5,7-9H,6H2,1-3H3,(H,19,21)/t9-/m0/s1. The topological polar surface area (TPSA) is 64.0 Å². The molecule has 2 rings (SSSR count). The minimum atomic E-state index is -0.346. The number of aromatic nitrogens is 2. The molecule has 7 heteroatoms. The van der Waals surface area contributed by atoms with Crippen molar-refractivity contribution in [3.8, 4) is 0 Å². The summed E-state index contributed by atoms with van der Waals surface area (Å²) in [4.78, 5) is 28.6. The van der Waals surface area contributed by atoms with Gasteiger partial charge in [0.15, 0.2) is 0 Å². The first kappa shape index (κ1) is 16.8. The number of nitrogens with one attached hydrogen (secondary N) is 1. The summed E-state index contributed by atoms with van der Waals surface area (Å²) in [6, 6.07) is 3.06. The van der Waals surface area contributed by atoms with E-state index in [2.05, 4.69) is 10.3 Å². The van der Waals surface area contributed by atoms with Gasteiger partial charge in [0, 0.05) is 11.1 Å². The van der Waals surface area contributed by atoms with Crippen molar-refractivity contribution in [1.29, 1.82) is 0 Å². The first-order valence-corrected chi connectivity index (χ1v) is 7.68. The van der Waals surface area contributed by atoms with Crippen LogP contribution >= 0.6 is 23.2 Å². The molecule has 1 atom stereocenters. The van der Waals surface area contributed by atoms with Crippen molar-refractivity contribution < 1.29 is 4.79 Å². The van der Waals surface area contributed by atoms with Crippen molar-refractivity contribution in [3.05, 3.63) is 38.9 Å². The van der Waals surface area contributed by atoms with Gasteiger partial charge in [0.05, 0.1) is 22.3 Å². The first-order valence-electron chi connectivity index (χ1n) is 6.93. The van der Waals surface area contributed by atoms with Gasteiger partial charge in [0.2, 0.25) is 5.91 Å². The summed E-state index contributed by atoms with van der Waals surface area (Å²) < 4.78 is 1.25. The Labute approximate surface area is 138 Å². The molecule has 0 bridgehead atoms. The van der Waals surface area contributed by atoms with Crippen molar-refractivity contribution in [2.24, 2.45) is 5.92 Å². The zero-order valence-electron chi connectivity index (χ0n) is 12.6. The molecular weight excluding hydrogens is 325 g/mol. The Morgan fingerprint density at radius 1 is 1.32 bits per heavy atom. The Balaban J connectivity index is 2.32. The number of benzene rings is 1. The molecule has 0 aliphatic rings. The maximum absolute atomic E-state index is 12.4. The van der Waals surface area contributed by atoms with Gasteiger partial charge in [-0.15, -0.1) is 0 Å². The summed E-state index contributed by atoms with van der Waals surface area (Å²) in [7, 11) is 0. The van der Waals surface area contributed by atoms with Gasteiger partial charge < -0.3 is 5.32 Å². The summed E-state index contributed by atoms with van der Waals surface area (Å²) in [5, 5.41) is 3.81. The molecule has 22 heavy (non-hydrogen) atoms. The number of nitrogens with zero attached hydrogens (tertiary/aromatic N) is 2. The molecule has 1 aromatic heterocycles. The van der Waals surface area contributed by atoms with Crippen molar-refractivity contribution in [3.63, 3.8) is 0 Å². The van der Waals surface area contributed by atoms with Gasteiger partial charge in [-0.2, -0.15) is 0 Å². The largest absolute Gasteiger partial charge is 0.352 e. The Hall–Kier alpha value is -1.59. The van der Waals surface area contributed by atoms with E-state index in [1.54, 1.807) is 0 Å². The molecular formula is C15H17Cl2N3O2. The van der Waals surface area contributed by atoms with Crippen LogP contribution in [0.25, 0.3) is 10.9 Å². The summed E-state index contributed by atoms with van der Waals surface area (Å²) in [5.41, 5.74) is 0.0324. The average Bonchev–Trinajstić information content (AvgIpc) is 2.42.